The SMILES string of the molecule is CN1CCC(C(=O)Oc2c(F)cc(F)cc2F)CC1.I. The zero-order valence-corrected chi connectivity index (χ0v) is 13.2. The van der Waals surface area contributed by atoms with Crippen molar-refractivity contribution in [2.45, 2.75) is 12.8 Å². The number of hydrogen-bond donors (Lipinski definition) is 0. The second kappa shape index (κ2) is 7.26. The van der Waals surface area contributed by atoms with Crippen molar-refractivity contribution in [2.24, 2.45) is 5.92 Å². The maximum Gasteiger partial charge on any atom is 0.314 e. The summed E-state index contributed by atoms with van der Waals surface area (Å²) in [5.74, 6) is -5.34. The van der Waals surface area contributed by atoms with Gasteiger partial charge in [-0.05, 0) is 33.0 Å². The maximum absolute atomic E-state index is 13.3. The summed E-state index contributed by atoms with van der Waals surface area (Å²) in [5.41, 5.74) is 0. The molecule has 0 radical (unpaired) electrons. The molecule has 1 saturated heterocycles. The molecular weight excluding hydrogens is 386 g/mol. The molecule has 0 unspecified atom stereocenters. The van der Waals surface area contributed by atoms with E-state index >= 15 is 0 Å². The molecule has 0 amide bonds. The number of nitrogens with zero attached hydrogens (tertiary/aromatic N) is 1. The van der Waals surface area contributed by atoms with Crippen molar-refractivity contribution in [3.63, 3.8) is 0 Å². The van der Waals surface area contributed by atoms with Gasteiger partial charge in [0.05, 0.1) is 5.92 Å². The summed E-state index contributed by atoms with van der Waals surface area (Å²) in [6, 6.07) is 0.973. The zero-order valence-electron chi connectivity index (χ0n) is 10.9. The smallest absolute Gasteiger partial charge is 0.314 e. The molecule has 0 aliphatic carbocycles. The Morgan fingerprint density at radius 1 is 1.20 bits per heavy atom. The van der Waals surface area contributed by atoms with E-state index < -0.39 is 29.2 Å². The standard InChI is InChI=1S/C13H14F3NO2.HI/c1-17-4-2-8(3-5-17)13(18)19-12-10(15)6-9(14)7-11(12)16;/h6-8H,2-5H2,1H3;1H. The fourth-order valence-electron chi connectivity index (χ4n) is 2.05. The summed E-state index contributed by atoms with van der Waals surface area (Å²) in [6.45, 7) is 1.46. The summed E-state index contributed by atoms with van der Waals surface area (Å²) >= 11 is 0. The van der Waals surface area contributed by atoms with E-state index in [1.165, 1.54) is 0 Å². The number of carbonyl (C=O) groups excluding carboxylic acids is 1. The second-order valence-electron chi connectivity index (χ2n) is 4.70. The van der Waals surface area contributed by atoms with Crippen LogP contribution in [0.15, 0.2) is 12.1 Å². The highest BCUT2D eigenvalue weighted by molar-refractivity contribution is 14.0. The Morgan fingerprint density at radius 3 is 2.20 bits per heavy atom. The average molecular weight is 401 g/mol. The topological polar surface area (TPSA) is 29.5 Å². The van der Waals surface area contributed by atoms with Crippen molar-refractivity contribution < 1.29 is 22.7 Å². The molecule has 1 aromatic rings. The van der Waals surface area contributed by atoms with Crippen molar-refractivity contribution >= 4 is 29.9 Å². The van der Waals surface area contributed by atoms with Crippen LogP contribution in [0.2, 0.25) is 0 Å². The van der Waals surface area contributed by atoms with Crippen LogP contribution >= 0.6 is 24.0 Å². The highest BCUT2D eigenvalue weighted by Crippen LogP contribution is 2.25. The predicted octanol–water partition coefficient (Wildman–Crippen LogP) is 2.97. The van der Waals surface area contributed by atoms with Crippen molar-refractivity contribution in [1.29, 1.82) is 0 Å². The fourth-order valence-corrected chi connectivity index (χ4v) is 2.05. The molecule has 0 bridgehead atoms. The van der Waals surface area contributed by atoms with Crippen LogP contribution in [-0.2, 0) is 4.79 Å². The molecule has 1 aliphatic rings. The molecule has 3 nitrogen and oxygen atoms in total. The van der Waals surface area contributed by atoms with Gasteiger partial charge < -0.3 is 9.64 Å². The van der Waals surface area contributed by atoms with Crippen LogP contribution in [0, 0.1) is 23.4 Å². The van der Waals surface area contributed by atoms with Crippen molar-refractivity contribution in [3.05, 3.63) is 29.6 Å². The molecular formula is C13H15F3INO2. The summed E-state index contributed by atoms with van der Waals surface area (Å²) in [5, 5.41) is 0. The van der Waals surface area contributed by atoms with E-state index in [9.17, 15) is 18.0 Å². The van der Waals surface area contributed by atoms with Crippen LogP contribution in [-0.4, -0.2) is 31.0 Å². The quantitative estimate of drug-likeness (QED) is 0.434. The van der Waals surface area contributed by atoms with E-state index in [1.54, 1.807) is 0 Å². The molecule has 20 heavy (non-hydrogen) atoms. The minimum Gasteiger partial charge on any atom is -0.420 e. The van der Waals surface area contributed by atoms with Gasteiger partial charge in [-0.2, -0.15) is 0 Å². The average Bonchev–Trinajstić information content (AvgIpc) is 2.34. The van der Waals surface area contributed by atoms with Crippen molar-refractivity contribution in [2.75, 3.05) is 20.1 Å². The molecule has 0 saturated carbocycles. The lowest BCUT2D eigenvalue weighted by molar-refractivity contribution is -0.140. The zero-order chi connectivity index (χ0) is 14.0. The molecule has 1 heterocycles. The van der Waals surface area contributed by atoms with Crippen LogP contribution in [0.25, 0.3) is 0 Å². The van der Waals surface area contributed by atoms with E-state index in [1.807, 2.05) is 7.05 Å². The molecule has 0 atom stereocenters. The number of benzene rings is 1. The molecule has 1 aromatic carbocycles. The lowest BCUT2D eigenvalue weighted by atomic mass is 9.97. The van der Waals surface area contributed by atoms with Crippen LogP contribution in [0.1, 0.15) is 12.8 Å². The van der Waals surface area contributed by atoms with Gasteiger partial charge in [-0.1, -0.05) is 0 Å². The Morgan fingerprint density at radius 2 is 1.70 bits per heavy atom. The van der Waals surface area contributed by atoms with E-state index in [4.69, 9.17) is 4.74 Å². The molecule has 0 aromatic heterocycles. The van der Waals surface area contributed by atoms with Crippen LogP contribution in [0.3, 0.4) is 0 Å². The van der Waals surface area contributed by atoms with Gasteiger partial charge >= 0.3 is 5.97 Å². The minimum absolute atomic E-state index is 0. The van der Waals surface area contributed by atoms with E-state index in [0.717, 1.165) is 13.1 Å². The maximum atomic E-state index is 13.3. The Balaban J connectivity index is 0.00000200. The molecule has 2 rings (SSSR count). The highest BCUT2D eigenvalue weighted by atomic mass is 127. The number of ether oxygens (including phenoxy) is 1. The third-order valence-corrected chi connectivity index (χ3v) is 3.22. The molecule has 0 spiro atoms. The number of rotatable bonds is 2. The summed E-state index contributed by atoms with van der Waals surface area (Å²) in [6.07, 6.45) is 1.17. The Kier molecular flexibility index (Phi) is 6.25. The van der Waals surface area contributed by atoms with Gasteiger partial charge in [-0.15, -0.1) is 24.0 Å². The van der Waals surface area contributed by atoms with Crippen LogP contribution in [0.5, 0.6) is 5.75 Å². The van der Waals surface area contributed by atoms with Gasteiger partial charge in [0, 0.05) is 12.1 Å². The lowest BCUT2D eigenvalue weighted by Gasteiger charge is -2.27. The van der Waals surface area contributed by atoms with E-state index in [-0.39, 0.29) is 29.9 Å². The Hall–Kier alpha value is -0.830. The molecule has 1 aliphatic heterocycles. The van der Waals surface area contributed by atoms with Gasteiger partial charge in [0.25, 0.3) is 0 Å². The van der Waals surface area contributed by atoms with Gasteiger partial charge in [0.15, 0.2) is 11.6 Å². The number of piperidine rings is 1. The van der Waals surface area contributed by atoms with Gasteiger partial charge in [0.2, 0.25) is 5.75 Å². The first-order valence-corrected chi connectivity index (χ1v) is 6.02. The third kappa shape index (κ3) is 4.08. The number of carbonyl (C=O) groups is 1. The molecule has 112 valence electrons. The normalized spacial score (nSPS) is 16.6. The second-order valence-corrected chi connectivity index (χ2v) is 4.70. The Bertz CT molecular complexity index is 467. The minimum atomic E-state index is -1.21. The molecule has 1 fully saturated rings. The number of hydrogen-bond acceptors (Lipinski definition) is 3. The lowest BCUT2D eigenvalue weighted by Crippen LogP contribution is -2.35. The Labute approximate surface area is 132 Å². The third-order valence-electron chi connectivity index (χ3n) is 3.22. The number of likely N-dealkylation sites (tertiary alicyclic amines) is 1. The largest absolute Gasteiger partial charge is 0.420 e. The van der Waals surface area contributed by atoms with Crippen LogP contribution < -0.4 is 4.74 Å². The first-order valence-electron chi connectivity index (χ1n) is 6.02. The van der Waals surface area contributed by atoms with Gasteiger partial charge in [-0.3, -0.25) is 4.79 Å². The summed E-state index contributed by atoms with van der Waals surface area (Å²) < 4.78 is 44.1. The van der Waals surface area contributed by atoms with Crippen molar-refractivity contribution in [3.8, 4) is 5.75 Å². The molecule has 7 heteroatoms. The molecule has 0 N–H and O–H groups in total. The monoisotopic (exact) mass is 401 g/mol. The predicted molar refractivity (Wildman–Crippen MR) is 77.6 cm³/mol. The summed E-state index contributed by atoms with van der Waals surface area (Å²) in [7, 11) is 1.93. The van der Waals surface area contributed by atoms with E-state index in [2.05, 4.69) is 4.90 Å². The van der Waals surface area contributed by atoms with Crippen LogP contribution in [0.4, 0.5) is 13.2 Å². The van der Waals surface area contributed by atoms with Gasteiger partial charge in [0.1, 0.15) is 5.82 Å². The number of esters is 1. The van der Waals surface area contributed by atoms with Crippen molar-refractivity contribution in [1.82, 2.24) is 4.90 Å². The van der Waals surface area contributed by atoms with E-state index in [0.29, 0.717) is 25.0 Å². The highest BCUT2D eigenvalue weighted by Gasteiger charge is 2.27. The summed E-state index contributed by atoms with van der Waals surface area (Å²) in [4.78, 5) is 13.9. The number of halogens is 4. The fraction of sp³-hybridized carbons (Fsp3) is 0.462. The first-order chi connectivity index (χ1) is 8.97. The van der Waals surface area contributed by atoms with Gasteiger partial charge in [-0.25, -0.2) is 13.2 Å². The first kappa shape index (κ1) is 17.2.